The van der Waals surface area contributed by atoms with Gasteiger partial charge in [0.2, 0.25) is 10.0 Å². The molecule has 1 heterocycles. The Balaban J connectivity index is 2.22. The van der Waals surface area contributed by atoms with Crippen LogP contribution in [0.5, 0.6) is 0 Å². The van der Waals surface area contributed by atoms with E-state index in [1.54, 1.807) is 0 Å². The Morgan fingerprint density at radius 2 is 2.04 bits per heavy atom. The van der Waals surface area contributed by atoms with Crippen LogP contribution in [0.3, 0.4) is 0 Å². The highest BCUT2D eigenvalue weighted by Crippen LogP contribution is 2.30. The molecule has 23 heavy (non-hydrogen) atoms. The number of carbonyl (C=O) groups is 1. The lowest BCUT2D eigenvalue weighted by atomic mass is 10.1. The molecule has 0 aliphatic carbocycles. The number of nitrogens with one attached hydrogen (secondary N) is 1. The summed E-state index contributed by atoms with van der Waals surface area (Å²) < 4.78 is 63.8. The molecule has 1 aromatic carbocycles. The second-order valence-corrected chi connectivity index (χ2v) is 6.97. The van der Waals surface area contributed by atoms with Crippen molar-refractivity contribution >= 4 is 32.3 Å². The summed E-state index contributed by atoms with van der Waals surface area (Å²) in [7, 11) is -4.09. The van der Waals surface area contributed by atoms with Gasteiger partial charge < -0.3 is 5.11 Å². The summed E-state index contributed by atoms with van der Waals surface area (Å²) in [5.41, 5.74) is -0.364. The van der Waals surface area contributed by atoms with Crippen LogP contribution in [0.4, 0.5) is 18.2 Å². The largest absolute Gasteiger partial charge is 0.476 e. The van der Waals surface area contributed by atoms with Crippen molar-refractivity contribution in [1.82, 2.24) is 4.98 Å². The number of anilines is 1. The summed E-state index contributed by atoms with van der Waals surface area (Å²) in [6.07, 6.45) is -4.58. The fourth-order valence-electron chi connectivity index (χ4n) is 1.71. The van der Waals surface area contributed by atoms with Gasteiger partial charge in [-0.15, -0.1) is 11.3 Å². The molecule has 0 saturated carbocycles. The minimum absolute atomic E-state index is 0.0753. The summed E-state index contributed by atoms with van der Waals surface area (Å²) in [5.74, 6) is -2.14. The van der Waals surface area contributed by atoms with Gasteiger partial charge in [0.05, 0.1) is 16.8 Å². The van der Waals surface area contributed by atoms with Crippen LogP contribution >= 0.6 is 11.3 Å². The maximum atomic E-state index is 12.6. The highest BCUT2D eigenvalue weighted by molar-refractivity contribution is 7.92. The summed E-state index contributed by atoms with van der Waals surface area (Å²) in [6.45, 7) is 0. The van der Waals surface area contributed by atoms with E-state index in [4.69, 9.17) is 5.11 Å². The standard InChI is InChI=1S/C12H9F3N2O4S2/c13-12(14,15)8-3-1-2-7(4-8)5-23(20,21)17-10-9(11(18)19)16-6-22-10/h1-4,6,17H,5H2,(H,18,19). The van der Waals surface area contributed by atoms with Crippen LogP contribution in [0, 0.1) is 0 Å². The number of aromatic nitrogens is 1. The molecule has 11 heteroatoms. The number of carboxylic acid groups (broad SMARTS) is 1. The maximum absolute atomic E-state index is 12.6. The molecule has 0 bridgehead atoms. The molecule has 1 aromatic heterocycles. The molecule has 0 spiro atoms. The maximum Gasteiger partial charge on any atom is 0.416 e. The molecule has 2 aromatic rings. The van der Waals surface area contributed by atoms with E-state index in [2.05, 4.69) is 4.98 Å². The van der Waals surface area contributed by atoms with Crippen molar-refractivity contribution in [3.63, 3.8) is 0 Å². The van der Waals surface area contributed by atoms with E-state index in [-0.39, 0.29) is 10.6 Å². The molecule has 0 amide bonds. The van der Waals surface area contributed by atoms with E-state index in [9.17, 15) is 26.4 Å². The lowest BCUT2D eigenvalue weighted by molar-refractivity contribution is -0.137. The predicted molar refractivity (Wildman–Crippen MR) is 76.8 cm³/mol. The van der Waals surface area contributed by atoms with Gasteiger partial charge in [0, 0.05) is 0 Å². The van der Waals surface area contributed by atoms with E-state index in [0.717, 1.165) is 35.0 Å². The summed E-state index contributed by atoms with van der Waals surface area (Å²) in [4.78, 5) is 14.4. The fraction of sp³-hybridized carbons (Fsp3) is 0.167. The van der Waals surface area contributed by atoms with Crippen molar-refractivity contribution in [3.8, 4) is 0 Å². The number of hydrogen-bond donors (Lipinski definition) is 2. The van der Waals surface area contributed by atoms with Crippen LogP contribution in [0.1, 0.15) is 21.6 Å². The van der Waals surface area contributed by atoms with Gasteiger partial charge in [-0.25, -0.2) is 18.2 Å². The Hall–Kier alpha value is -2.14. The van der Waals surface area contributed by atoms with Crippen LogP contribution in [0.15, 0.2) is 29.8 Å². The first-order valence-electron chi connectivity index (χ1n) is 5.92. The van der Waals surface area contributed by atoms with Gasteiger partial charge in [-0.05, 0) is 11.6 Å². The van der Waals surface area contributed by atoms with Crippen molar-refractivity contribution in [2.45, 2.75) is 11.9 Å². The van der Waals surface area contributed by atoms with Crippen molar-refractivity contribution in [3.05, 3.63) is 46.6 Å². The Morgan fingerprint density at radius 1 is 1.35 bits per heavy atom. The SMILES string of the molecule is O=C(O)c1ncsc1NS(=O)(=O)Cc1cccc(C(F)(F)F)c1. The number of sulfonamides is 1. The molecule has 124 valence electrons. The van der Waals surface area contributed by atoms with E-state index < -0.39 is 39.2 Å². The zero-order valence-electron chi connectivity index (χ0n) is 11.2. The number of alkyl halides is 3. The molecule has 0 aliphatic heterocycles. The van der Waals surface area contributed by atoms with Gasteiger partial charge >= 0.3 is 12.1 Å². The average molecular weight is 366 g/mol. The Labute approximate surface area is 132 Å². The lowest BCUT2D eigenvalue weighted by Gasteiger charge is -2.10. The Morgan fingerprint density at radius 3 is 2.65 bits per heavy atom. The number of hydrogen-bond acceptors (Lipinski definition) is 5. The van der Waals surface area contributed by atoms with Gasteiger partial charge in [-0.3, -0.25) is 4.72 Å². The van der Waals surface area contributed by atoms with Crippen molar-refractivity contribution < 1.29 is 31.5 Å². The zero-order chi connectivity index (χ0) is 17.3. The van der Waals surface area contributed by atoms with Crippen molar-refractivity contribution in [2.24, 2.45) is 0 Å². The highest BCUT2D eigenvalue weighted by Gasteiger charge is 2.30. The number of aromatic carboxylic acids is 1. The smallest absolute Gasteiger partial charge is 0.416 e. The first-order valence-corrected chi connectivity index (χ1v) is 8.45. The molecular weight excluding hydrogens is 357 g/mol. The molecule has 0 radical (unpaired) electrons. The van der Waals surface area contributed by atoms with Crippen LogP contribution in [0.25, 0.3) is 0 Å². The first kappa shape index (κ1) is 17.2. The van der Waals surface area contributed by atoms with Crippen molar-refractivity contribution in [2.75, 3.05) is 4.72 Å². The van der Waals surface area contributed by atoms with Crippen molar-refractivity contribution in [1.29, 1.82) is 0 Å². The molecule has 0 aliphatic rings. The number of benzene rings is 1. The summed E-state index contributed by atoms with van der Waals surface area (Å²) in [6, 6.07) is 3.89. The third-order valence-electron chi connectivity index (χ3n) is 2.63. The van der Waals surface area contributed by atoms with E-state index in [1.165, 1.54) is 6.07 Å². The minimum atomic E-state index is -4.58. The van der Waals surface area contributed by atoms with E-state index in [0.29, 0.717) is 0 Å². The second kappa shape index (κ2) is 6.16. The molecule has 0 atom stereocenters. The number of nitrogens with zero attached hydrogens (tertiary/aromatic N) is 1. The second-order valence-electron chi connectivity index (χ2n) is 4.39. The van der Waals surface area contributed by atoms with Gasteiger partial charge in [0.15, 0.2) is 5.69 Å². The minimum Gasteiger partial charge on any atom is -0.476 e. The van der Waals surface area contributed by atoms with Gasteiger partial charge in [0.1, 0.15) is 5.00 Å². The topological polar surface area (TPSA) is 96.4 Å². The average Bonchev–Trinajstić information content (AvgIpc) is 2.84. The zero-order valence-corrected chi connectivity index (χ0v) is 12.8. The third-order valence-corrected chi connectivity index (χ3v) is 4.73. The fourth-order valence-corrected chi connectivity index (χ4v) is 3.86. The van der Waals surface area contributed by atoms with Gasteiger partial charge in [-0.1, -0.05) is 18.2 Å². The van der Waals surface area contributed by atoms with Crippen LogP contribution in [-0.4, -0.2) is 24.5 Å². The molecule has 2 N–H and O–H groups in total. The number of carboxylic acids is 1. The first-order chi connectivity index (χ1) is 10.6. The van der Waals surface area contributed by atoms with Crippen LogP contribution < -0.4 is 4.72 Å². The lowest BCUT2D eigenvalue weighted by Crippen LogP contribution is -2.17. The molecule has 0 fully saturated rings. The third kappa shape index (κ3) is 4.42. The van der Waals surface area contributed by atoms with E-state index in [1.807, 2.05) is 4.72 Å². The number of halogens is 3. The van der Waals surface area contributed by atoms with Gasteiger partial charge in [0.25, 0.3) is 0 Å². The number of rotatable bonds is 5. The molecule has 2 rings (SSSR count). The molecule has 0 saturated heterocycles. The van der Waals surface area contributed by atoms with E-state index >= 15 is 0 Å². The number of thiazole rings is 1. The van der Waals surface area contributed by atoms with Crippen LogP contribution in [-0.2, 0) is 22.0 Å². The normalized spacial score (nSPS) is 12.1. The Bertz CT molecular complexity index is 831. The molecular formula is C12H9F3N2O4S2. The Kier molecular flexibility index (Phi) is 4.61. The molecule has 0 unspecified atom stereocenters. The monoisotopic (exact) mass is 366 g/mol. The van der Waals surface area contributed by atoms with Gasteiger partial charge in [-0.2, -0.15) is 13.2 Å². The quantitative estimate of drug-likeness (QED) is 0.848. The van der Waals surface area contributed by atoms with Crippen LogP contribution in [0.2, 0.25) is 0 Å². The summed E-state index contributed by atoms with van der Waals surface area (Å²) in [5, 5.41) is 8.65. The highest BCUT2D eigenvalue weighted by atomic mass is 32.2. The predicted octanol–water partition coefficient (Wildman–Crippen LogP) is 2.80. The molecule has 6 nitrogen and oxygen atoms in total. The summed E-state index contributed by atoms with van der Waals surface area (Å²) >= 11 is 0.760.